The van der Waals surface area contributed by atoms with Gasteiger partial charge in [-0.1, -0.05) is 11.8 Å². The summed E-state index contributed by atoms with van der Waals surface area (Å²) in [6, 6.07) is 2.14. The van der Waals surface area contributed by atoms with Crippen molar-refractivity contribution in [2.24, 2.45) is 4.99 Å². The fourth-order valence-electron chi connectivity index (χ4n) is 0.559. The van der Waals surface area contributed by atoms with Crippen molar-refractivity contribution in [2.75, 3.05) is 6.54 Å². The fraction of sp³-hybridized carbons (Fsp3) is 0.600. The maximum Gasteiger partial charge on any atom is 0.117 e. The van der Waals surface area contributed by atoms with Gasteiger partial charge in [-0.05, 0) is 6.92 Å². The first-order chi connectivity index (χ1) is 3.83. The van der Waals surface area contributed by atoms with Gasteiger partial charge < -0.3 is 0 Å². The van der Waals surface area contributed by atoms with E-state index in [4.69, 9.17) is 5.26 Å². The topological polar surface area (TPSA) is 36.1 Å². The lowest BCUT2D eigenvalue weighted by Gasteiger charge is -1.88. The van der Waals surface area contributed by atoms with Crippen LogP contribution < -0.4 is 0 Å². The predicted octanol–water partition coefficient (Wildman–Crippen LogP) is 1.04. The monoisotopic (exact) mass is 126 g/mol. The standard InChI is InChI=1S/C5H6N2S/c1-4-7-3-5(2-6)8-4/h5H,3H2,1H3. The Bertz CT molecular complexity index is 156. The van der Waals surface area contributed by atoms with E-state index in [-0.39, 0.29) is 5.25 Å². The van der Waals surface area contributed by atoms with Gasteiger partial charge in [0.2, 0.25) is 0 Å². The summed E-state index contributed by atoms with van der Waals surface area (Å²) < 4.78 is 0. The lowest BCUT2D eigenvalue weighted by molar-refractivity contribution is 1.06. The molecule has 0 saturated heterocycles. The number of hydrogen-bond donors (Lipinski definition) is 0. The Labute approximate surface area is 52.6 Å². The molecule has 0 bridgehead atoms. The van der Waals surface area contributed by atoms with Crippen LogP contribution in [0.3, 0.4) is 0 Å². The Kier molecular flexibility index (Phi) is 1.54. The molecular weight excluding hydrogens is 120 g/mol. The SMILES string of the molecule is CC1=NCC(C#N)S1. The Hall–Kier alpha value is -0.490. The molecule has 0 aliphatic carbocycles. The van der Waals surface area contributed by atoms with Crippen LogP contribution in [-0.4, -0.2) is 16.8 Å². The zero-order valence-corrected chi connectivity index (χ0v) is 5.40. The first kappa shape index (κ1) is 5.64. The van der Waals surface area contributed by atoms with Crippen LogP contribution in [0.25, 0.3) is 0 Å². The second kappa shape index (κ2) is 2.19. The van der Waals surface area contributed by atoms with E-state index in [1.807, 2.05) is 6.92 Å². The smallest absolute Gasteiger partial charge is 0.117 e. The van der Waals surface area contributed by atoms with Crippen molar-refractivity contribution in [3.05, 3.63) is 0 Å². The first-order valence-electron chi connectivity index (χ1n) is 2.40. The number of nitrogens with zero attached hydrogens (tertiary/aromatic N) is 2. The third kappa shape index (κ3) is 1.01. The van der Waals surface area contributed by atoms with Gasteiger partial charge in [0.25, 0.3) is 0 Å². The third-order valence-electron chi connectivity index (χ3n) is 0.937. The van der Waals surface area contributed by atoms with Crippen molar-refractivity contribution in [3.63, 3.8) is 0 Å². The molecule has 1 atom stereocenters. The fourth-order valence-corrected chi connectivity index (χ4v) is 1.32. The molecule has 0 aromatic heterocycles. The summed E-state index contributed by atoms with van der Waals surface area (Å²) in [6.45, 7) is 2.62. The van der Waals surface area contributed by atoms with Gasteiger partial charge in [-0.25, -0.2) is 0 Å². The van der Waals surface area contributed by atoms with E-state index in [0.29, 0.717) is 6.54 Å². The molecule has 0 amide bonds. The molecule has 1 aliphatic heterocycles. The van der Waals surface area contributed by atoms with Crippen molar-refractivity contribution in [2.45, 2.75) is 12.2 Å². The number of thioether (sulfide) groups is 1. The molecule has 0 saturated carbocycles. The van der Waals surface area contributed by atoms with Crippen LogP contribution in [0.5, 0.6) is 0 Å². The number of nitriles is 1. The summed E-state index contributed by atoms with van der Waals surface area (Å²) >= 11 is 1.55. The van der Waals surface area contributed by atoms with Crippen LogP contribution in [0.4, 0.5) is 0 Å². The molecule has 0 spiro atoms. The third-order valence-corrected chi connectivity index (χ3v) is 1.95. The molecule has 3 heteroatoms. The average Bonchev–Trinajstić information content (AvgIpc) is 2.14. The van der Waals surface area contributed by atoms with Gasteiger partial charge in [0.1, 0.15) is 5.25 Å². The highest BCUT2D eigenvalue weighted by molar-refractivity contribution is 8.14. The van der Waals surface area contributed by atoms with Crippen molar-refractivity contribution >= 4 is 16.8 Å². The lowest BCUT2D eigenvalue weighted by Crippen LogP contribution is -1.96. The molecule has 1 aliphatic rings. The minimum absolute atomic E-state index is 0.0926. The minimum atomic E-state index is 0.0926. The molecular formula is C5H6N2S. The van der Waals surface area contributed by atoms with Gasteiger partial charge in [-0.15, -0.1) is 0 Å². The van der Waals surface area contributed by atoms with Gasteiger partial charge in [0.05, 0.1) is 17.7 Å². The zero-order chi connectivity index (χ0) is 5.98. The van der Waals surface area contributed by atoms with Crippen LogP contribution in [-0.2, 0) is 0 Å². The van der Waals surface area contributed by atoms with Gasteiger partial charge >= 0.3 is 0 Å². The molecule has 0 radical (unpaired) electrons. The number of aliphatic imine (C=N–C) groups is 1. The summed E-state index contributed by atoms with van der Waals surface area (Å²) in [5.41, 5.74) is 0. The number of hydrogen-bond acceptors (Lipinski definition) is 3. The Balaban J connectivity index is 2.47. The molecule has 0 aromatic rings. The zero-order valence-electron chi connectivity index (χ0n) is 4.59. The highest BCUT2D eigenvalue weighted by Gasteiger charge is 2.14. The highest BCUT2D eigenvalue weighted by atomic mass is 32.2. The second-order valence-corrected chi connectivity index (χ2v) is 2.99. The maximum atomic E-state index is 8.34. The second-order valence-electron chi connectivity index (χ2n) is 1.60. The lowest BCUT2D eigenvalue weighted by atomic mass is 10.5. The summed E-state index contributed by atoms with van der Waals surface area (Å²) in [6.07, 6.45) is 0. The normalized spacial score (nSPS) is 27.0. The molecule has 1 unspecified atom stereocenters. The first-order valence-corrected chi connectivity index (χ1v) is 3.28. The van der Waals surface area contributed by atoms with E-state index < -0.39 is 0 Å². The molecule has 0 N–H and O–H groups in total. The highest BCUT2D eigenvalue weighted by Crippen LogP contribution is 2.18. The average molecular weight is 126 g/mol. The summed E-state index contributed by atoms with van der Waals surface area (Å²) in [5.74, 6) is 0. The van der Waals surface area contributed by atoms with E-state index in [1.165, 1.54) is 0 Å². The van der Waals surface area contributed by atoms with E-state index in [1.54, 1.807) is 11.8 Å². The van der Waals surface area contributed by atoms with Crippen molar-refractivity contribution in [1.29, 1.82) is 5.26 Å². The minimum Gasteiger partial charge on any atom is -0.281 e. The molecule has 1 heterocycles. The van der Waals surface area contributed by atoms with Gasteiger partial charge in [0.15, 0.2) is 0 Å². The summed E-state index contributed by atoms with van der Waals surface area (Å²) in [4.78, 5) is 4.05. The van der Waals surface area contributed by atoms with Crippen molar-refractivity contribution in [1.82, 2.24) is 0 Å². The van der Waals surface area contributed by atoms with Gasteiger partial charge in [-0.2, -0.15) is 5.26 Å². The Morgan fingerprint density at radius 1 is 2.00 bits per heavy atom. The van der Waals surface area contributed by atoms with Crippen LogP contribution in [0.2, 0.25) is 0 Å². The van der Waals surface area contributed by atoms with Crippen molar-refractivity contribution < 1.29 is 0 Å². The largest absolute Gasteiger partial charge is 0.281 e. The Morgan fingerprint density at radius 2 is 2.75 bits per heavy atom. The molecule has 0 fully saturated rings. The molecule has 2 nitrogen and oxygen atoms in total. The summed E-state index contributed by atoms with van der Waals surface area (Å²) in [5, 5.41) is 9.47. The van der Waals surface area contributed by atoms with Gasteiger partial charge in [-0.3, -0.25) is 4.99 Å². The quantitative estimate of drug-likeness (QED) is 0.486. The van der Waals surface area contributed by atoms with Crippen molar-refractivity contribution in [3.8, 4) is 6.07 Å². The van der Waals surface area contributed by atoms with E-state index >= 15 is 0 Å². The van der Waals surface area contributed by atoms with E-state index in [2.05, 4.69) is 11.1 Å². The van der Waals surface area contributed by atoms with Gasteiger partial charge in [0, 0.05) is 0 Å². The predicted molar refractivity (Wildman–Crippen MR) is 35.0 cm³/mol. The molecule has 42 valence electrons. The van der Waals surface area contributed by atoms with Crippen LogP contribution in [0, 0.1) is 11.3 Å². The van der Waals surface area contributed by atoms with Crippen LogP contribution in [0.15, 0.2) is 4.99 Å². The Morgan fingerprint density at radius 3 is 3.00 bits per heavy atom. The van der Waals surface area contributed by atoms with Crippen LogP contribution >= 0.6 is 11.8 Å². The molecule has 1 rings (SSSR count). The van der Waals surface area contributed by atoms with Crippen LogP contribution in [0.1, 0.15) is 6.92 Å². The van der Waals surface area contributed by atoms with E-state index in [9.17, 15) is 0 Å². The molecule has 0 aromatic carbocycles. The van der Waals surface area contributed by atoms with E-state index in [0.717, 1.165) is 5.04 Å². The molecule has 8 heavy (non-hydrogen) atoms. The number of rotatable bonds is 0. The maximum absolute atomic E-state index is 8.34. The summed E-state index contributed by atoms with van der Waals surface area (Å²) in [7, 11) is 0.